The maximum atomic E-state index is 12.6. The predicted molar refractivity (Wildman–Crippen MR) is 109 cm³/mol. The Morgan fingerprint density at radius 2 is 1.89 bits per heavy atom. The highest BCUT2D eigenvalue weighted by Crippen LogP contribution is 2.33. The number of fused-ring (bicyclic) bond motifs is 2. The Morgan fingerprint density at radius 3 is 2.68 bits per heavy atom. The van der Waals surface area contributed by atoms with E-state index in [0.717, 1.165) is 29.7 Å². The molecule has 28 heavy (non-hydrogen) atoms. The van der Waals surface area contributed by atoms with Crippen molar-refractivity contribution in [1.29, 1.82) is 0 Å². The van der Waals surface area contributed by atoms with Crippen LogP contribution in [-0.4, -0.2) is 43.2 Å². The number of urea groups is 1. The maximum Gasteiger partial charge on any atom is 0.317 e. The topological polar surface area (TPSA) is 66.6 Å². The Hall–Kier alpha value is -3.15. The zero-order valence-electron chi connectivity index (χ0n) is 16.2. The molecule has 2 aromatic carbocycles. The summed E-state index contributed by atoms with van der Waals surface area (Å²) in [7, 11) is 3.27. The molecule has 0 unspecified atom stereocenters. The van der Waals surface area contributed by atoms with Gasteiger partial charge in [0.15, 0.2) is 11.5 Å². The number of nitrogens with zero attached hydrogens (tertiary/aromatic N) is 1. The number of H-pyrrole nitrogens is 1. The van der Waals surface area contributed by atoms with E-state index in [-0.39, 0.29) is 6.03 Å². The first-order valence-electron chi connectivity index (χ1n) is 9.51. The molecule has 0 radical (unpaired) electrons. The van der Waals surface area contributed by atoms with E-state index in [1.807, 2.05) is 35.4 Å². The van der Waals surface area contributed by atoms with Crippen LogP contribution in [0.1, 0.15) is 16.7 Å². The summed E-state index contributed by atoms with van der Waals surface area (Å²) >= 11 is 0. The molecule has 2 amide bonds. The number of carbonyl (C=O) groups is 1. The second-order valence-corrected chi connectivity index (χ2v) is 6.99. The van der Waals surface area contributed by atoms with Crippen LogP contribution in [0.3, 0.4) is 0 Å². The lowest BCUT2D eigenvalue weighted by Crippen LogP contribution is -2.43. The fourth-order valence-electron chi connectivity index (χ4n) is 3.81. The van der Waals surface area contributed by atoms with Gasteiger partial charge in [0, 0.05) is 36.7 Å². The highest BCUT2D eigenvalue weighted by molar-refractivity contribution is 5.83. The van der Waals surface area contributed by atoms with Gasteiger partial charge in [-0.05, 0) is 47.7 Å². The van der Waals surface area contributed by atoms with Gasteiger partial charge in [-0.1, -0.05) is 18.2 Å². The third-order valence-corrected chi connectivity index (χ3v) is 5.35. The number of amides is 2. The Morgan fingerprint density at radius 1 is 1.14 bits per heavy atom. The summed E-state index contributed by atoms with van der Waals surface area (Å²) < 4.78 is 10.8. The highest BCUT2D eigenvalue weighted by Gasteiger charge is 2.22. The minimum Gasteiger partial charge on any atom is -0.493 e. The molecule has 0 bridgehead atoms. The standard InChI is InChI=1S/C22H25N3O3/c1-27-20-11-15-8-10-25(14-17(15)12-21(20)28-2)22(26)23-9-7-16-13-24-19-6-4-3-5-18(16)19/h3-6,11-13,24H,7-10,14H2,1-2H3,(H,23,26). The van der Waals surface area contributed by atoms with Crippen molar-refractivity contribution >= 4 is 16.9 Å². The number of hydrogen-bond acceptors (Lipinski definition) is 3. The average molecular weight is 379 g/mol. The first kappa shape index (κ1) is 18.2. The fourth-order valence-corrected chi connectivity index (χ4v) is 3.81. The van der Waals surface area contributed by atoms with Gasteiger partial charge in [-0.15, -0.1) is 0 Å². The summed E-state index contributed by atoms with van der Waals surface area (Å²) in [5, 5.41) is 4.27. The van der Waals surface area contributed by atoms with Gasteiger partial charge in [0.1, 0.15) is 0 Å². The summed E-state index contributed by atoms with van der Waals surface area (Å²) in [5.74, 6) is 1.43. The molecule has 0 saturated carbocycles. The van der Waals surface area contributed by atoms with Gasteiger partial charge in [-0.2, -0.15) is 0 Å². The molecule has 2 N–H and O–H groups in total. The van der Waals surface area contributed by atoms with Crippen LogP contribution in [0.25, 0.3) is 10.9 Å². The largest absolute Gasteiger partial charge is 0.493 e. The number of benzene rings is 2. The third kappa shape index (κ3) is 3.50. The van der Waals surface area contributed by atoms with E-state index < -0.39 is 0 Å². The fraction of sp³-hybridized carbons (Fsp3) is 0.318. The van der Waals surface area contributed by atoms with Crippen molar-refractivity contribution in [3.8, 4) is 11.5 Å². The van der Waals surface area contributed by atoms with Crippen molar-refractivity contribution in [3.63, 3.8) is 0 Å². The highest BCUT2D eigenvalue weighted by atomic mass is 16.5. The van der Waals surface area contributed by atoms with E-state index >= 15 is 0 Å². The van der Waals surface area contributed by atoms with Crippen molar-refractivity contribution < 1.29 is 14.3 Å². The molecule has 6 heteroatoms. The van der Waals surface area contributed by atoms with Crippen molar-refractivity contribution in [3.05, 3.63) is 59.3 Å². The molecule has 0 saturated heterocycles. The van der Waals surface area contributed by atoms with E-state index in [2.05, 4.69) is 22.4 Å². The van der Waals surface area contributed by atoms with Crippen LogP contribution < -0.4 is 14.8 Å². The molecule has 3 aromatic rings. The number of carbonyl (C=O) groups excluding carboxylic acids is 1. The SMILES string of the molecule is COc1cc2c(cc1OC)CN(C(=O)NCCc1c[nH]c3ccccc13)CC2. The second kappa shape index (κ2) is 7.84. The second-order valence-electron chi connectivity index (χ2n) is 6.99. The Labute approximate surface area is 164 Å². The zero-order valence-corrected chi connectivity index (χ0v) is 16.2. The zero-order chi connectivity index (χ0) is 19.5. The van der Waals surface area contributed by atoms with Crippen LogP contribution >= 0.6 is 0 Å². The number of hydrogen-bond donors (Lipinski definition) is 2. The van der Waals surface area contributed by atoms with E-state index in [1.54, 1.807) is 14.2 Å². The van der Waals surface area contributed by atoms with E-state index in [9.17, 15) is 4.79 Å². The minimum atomic E-state index is -0.0275. The third-order valence-electron chi connectivity index (χ3n) is 5.35. The first-order valence-corrected chi connectivity index (χ1v) is 9.51. The number of rotatable bonds is 5. The van der Waals surface area contributed by atoms with Gasteiger partial charge >= 0.3 is 6.03 Å². The first-order chi connectivity index (χ1) is 13.7. The van der Waals surface area contributed by atoms with E-state index in [0.29, 0.717) is 25.4 Å². The molecule has 1 aromatic heterocycles. The van der Waals surface area contributed by atoms with Gasteiger partial charge in [0.05, 0.1) is 14.2 Å². The van der Waals surface area contributed by atoms with E-state index in [1.165, 1.54) is 16.5 Å². The van der Waals surface area contributed by atoms with Crippen LogP contribution in [-0.2, 0) is 19.4 Å². The predicted octanol–water partition coefficient (Wildman–Crippen LogP) is 3.50. The van der Waals surface area contributed by atoms with Crippen LogP contribution in [0.15, 0.2) is 42.6 Å². The summed E-state index contributed by atoms with van der Waals surface area (Å²) in [6, 6.07) is 12.2. The summed E-state index contributed by atoms with van der Waals surface area (Å²) in [6.07, 6.45) is 3.63. The lowest BCUT2D eigenvalue weighted by Gasteiger charge is -2.29. The van der Waals surface area contributed by atoms with Gasteiger partial charge in [0.2, 0.25) is 0 Å². The average Bonchev–Trinajstić information content (AvgIpc) is 3.15. The molecule has 6 nitrogen and oxygen atoms in total. The molecule has 146 valence electrons. The quantitative estimate of drug-likeness (QED) is 0.713. The molecule has 0 fully saturated rings. The molecule has 1 aliphatic rings. The van der Waals surface area contributed by atoms with Gasteiger partial charge < -0.3 is 24.7 Å². The Kier molecular flexibility index (Phi) is 5.10. The van der Waals surface area contributed by atoms with Crippen LogP contribution in [0.2, 0.25) is 0 Å². The lowest BCUT2D eigenvalue weighted by atomic mass is 9.99. The smallest absolute Gasteiger partial charge is 0.317 e. The molecule has 0 atom stereocenters. The number of aromatic amines is 1. The summed E-state index contributed by atoms with van der Waals surface area (Å²) in [6.45, 7) is 1.88. The molecule has 0 spiro atoms. The monoisotopic (exact) mass is 379 g/mol. The van der Waals surface area contributed by atoms with Crippen LogP contribution in [0.5, 0.6) is 11.5 Å². The lowest BCUT2D eigenvalue weighted by molar-refractivity contribution is 0.192. The van der Waals surface area contributed by atoms with E-state index in [4.69, 9.17) is 9.47 Å². The normalized spacial score (nSPS) is 13.3. The van der Waals surface area contributed by atoms with Crippen molar-refractivity contribution in [1.82, 2.24) is 15.2 Å². The number of para-hydroxylation sites is 1. The van der Waals surface area contributed by atoms with Gasteiger partial charge in [-0.3, -0.25) is 0 Å². The number of nitrogens with one attached hydrogen (secondary N) is 2. The van der Waals surface area contributed by atoms with Crippen LogP contribution in [0, 0.1) is 0 Å². The molecule has 0 aliphatic carbocycles. The number of ether oxygens (including phenoxy) is 2. The molecule has 1 aliphatic heterocycles. The van der Waals surface area contributed by atoms with Crippen molar-refractivity contribution in [2.24, 2.45) is 0 Å². The Bertz CT molecular complexity index is 996. The van der Waals surface area contributed by atoms with Gasteiger partial charge in [0.25, 0.3) is 0 Å². The minimum absolute atomic E-state index is 0.0275. The summed E-state index contributed by atoms with van der Waals surface area (Å²) in [5.41, 5.74) is 4.66. The van der Waals surface area contributed by atoms with Gasteiger partial charge in [-0.25, -0.2) is 4.79 Å². The Balaban J connectivity index is 1.37. The number of aromatic nitrogens is 1. The number of methoxy groups -OCH3 is 2. The van der Waals surface area contributed by atoms with Crippen LogP contribution in [0.4, 0.5) is 4.79 Å². The molecule has 2 heterocycles. The molecular formula is C22H25N3O3. The molecule has 4 rings (SSSR count). The summed E-state index contributed by atoms with van der Waals surface area (Å²) in [4.78, 5) is 17.8. The van der Waals surface area contributed by atoms with Crippen molar-refractivity contribution in [2.45, 2.75) is 19.4 Å². The maximum absolute atomic E-state index is 12.6. The molecular weight excluding hydrogens is 354 g/mol. The van der Waals surface area contributed by atoms with Crippen molar-refractivity contribution in [2.75, 3.05) is 27.3 Å².